The van der Waals surface area contributed by atoms with Crippen molar-refractivity contribution < 1.29 is 0 Å². The third-order valence-electron chi connectivity index (χ3n) is 3.77. The average molecular weight is 408 g/mol. The van der Waals surface area contributed by atoms with Crippen LogP contribution in [0.15, 0.2) is 53.7 Å². The molecule has 0 saturated heterocycles. The van der Waals surface area contributed by atoms with Gasteiger partial charge in [-0.2, -0.15) is 0 Å². The van der Waals surface area contributed by atoms with E-state index in [0.29, 0.717) is 18.5 Å². The van der Waals surface area contributed by atoms with Crippen LogP contribution in [-0.4, -0.2) is 28.9 Å². The van der Waals surface area contributed by atoms with Crippen LogP contribution in [0.1, 0.15) is 18.4 Å². The quantitative estimate of drug-likeness (QED) is 0.480. The number of benzene rings is 1. The van der Waals surface area contributed by atoms with E-state index in [1.165, 1.54) is 12.8 Å². The van der Waals surface area contributed by atoms with Crippen LogP contribution < -0.4 is 5.73 Å². The van der Waals surface area contributed by atoms with Crippen molar-refractivity contribution in [2.24, 2.45) is 10.7 Å². The van der Waals surface area contributed by atoms with Gasteiger partial charge >= 0.3 is 0 Å². The highest BCUT2D eigenvalue weighted by Gasteiger charge is 2.27. The molecule has 0 atom stereocenters. The van der Waals surface area contributed by atoms with E-state index in [2.05, 4.69) is 33.1 Å². The summed E-state index contributed by atoms with van der Waals surface area (Å²) in [5, 5.41) is 0. The molecule has 116 valence electrons. The summed E-state index contributed by atoms with van der Waals surface area (Å²) in [7, 11) is 2.01. The number of nitrogens with zero attached hydrogens (tertiary/aromatic N) is 3. The van der Waals surface area contributed by atoms with E-state index in [4.69, 9.17) is 5.73 Å². The van der Waals surface area contributed by atoms with E-state index in [-0.39, 0.29) is 24.0 Å². The van der Waals surface area contributed by atoms with Crippen LogP contribution in [0.4, 0.5) is 0 Å². The van der Waals surface area contributed by atoms with Crippen LogP contribution in [0, 0.1) is 0 Å². The highest BCUT2D eigenvalue weighted by atomic mass is 127. The lowest BCUT2D eigenvalue weighted by Gasteiger charge is -2.16. The van der Waals surface area contributed by atoms with Gasteiger partial charge in [0.05, 0.1) is 12.2 Å². The summed E-state index contributed by atoms with van der Waals surface area (Å²) in [4.78, 5) is 10.9. The Morgan fingerprint density at radius 3 is 2.77 bits per heavy atom. The first-order chi connectivity index (χ1) is 10.2. The highest BCUT2D eigenvalue weighted by Crippen LogP contribution is 2.25. The number of aliphatic imine (C=N–C) groups is 1. The number of nitrogens with two attached hydrogens (primary N) is 1. The van der Waals surface area contributed by atoms with Crippen molar-refractivity contribution in [3.8, 4) is 11.3 Å². The van der Waals surface area contributed by atoms with Crippen molar-refractivity contribution in [3.63, 3.8) is 0 Å². The van der Waals surface area contributed by atoms with Crippen LogP contribution in [0.5, 0.6) is 0 Å². The molecule has 4 nitrogen and oxygen atoms in total. The summed E-state index contributed by atoms with van der Waals surface area (Å²) in [6, 6.07) is 14.8. The molecule has 1 aromatic carbocycles. The fraction of sp³-hybridized carbons (Fsp3) is 0.294. The van der Waals surface area contributed by atoms with E-state index in [9.17, 15) is 0 Å². The monoisotopic (exact) mass is 408 g/mol. The molecule has 1 saturated carbocycles. The van der Waals surface area contributed by atoms with Gasteiger partial charge < -0.3 is 10.6 Å². The molecule has 2 N–H and O–H groups in total. The topological polar surface area (TPSA) is 54.5 Å². The Balaban J connectivity index is 0.00000176. The van der Waals surface area contributed by atoms with Crippen molar-refractivity contribution in [1.29, 1.82) is 0 Å². The van der Waals surface area contributed by atoms with Crippen LogP contribution in [0.3, 0.4) is 0 Å². The second kappa shape index (κ2) is 7.58. The van der Waals surface area contributed by atoms with Gasteiger partial charge in [-0.05, 0) is 36.6 Å². The summed E-state index contributed by atoms with van der Waals surface area (Å²) < 4.78 is 0. The SMILES string of the molecule is CN(C(N)=NCc1cccc(-c2ccccn2)c1)C1CC1.I. The zero-order chi connectivity index (χ0) is 14.7. The molecule has 1 heterocycles. The molecule has 3 rings (SSSR count). The number of guanidine groups is 1. The first kappa shape index (κ1) is 16.7. The Hall–Kier alpha value is -1.63. The number of hydrogen-bond acceptors (Lipinski definition) is 2. The normalized spacial score (nSPS) is 14.3. The maximum Gasteiger partial charge on any atom is 0.191 e. The van der Waals surface area contributed by atoms with Crippen molar-refractivity contribution in [2.45, 2.75) is 25.4 Å². The van der Waals surface area contributed by atoms with Gasteiger partial charge in [-0.15, -0.1) is 24.0 Å². The van der Waals surface area contributed by atoms with Crippen LogP contribution in [0.2, 0.25) is 0 Å². The molecular weight excluding hydrogens is 387 g/mol. The first-order valence-electron chi connectivity index (χ1n) is 7.27. The van der Waals surface area contributed by atoms with E-state index in [1.807, 2.05) is 37.5 Å². The number of aromatic nitrogens is 1. The van der Waals surface area contributed by atoms with E-state index in [0.717, 1.165) is 16.8 Å². The minimum absolute atomic E-state index is 0. The molecule has 22 heavy (non-hydrogen) atoms. The predicted octanol–water partition coefficient (Wildman–Crippen LogP) is 3.28. The zero-order valence-electron chi connectivity index (χ0n) is 12.6. The fourth-order valence-corrected chi connectivity index (χ4v) is 2.30. The van der Waals surface area contributed by atoms with Gasteiger partial charge in [-0.25, -0.2) is 4.99 Å². The van der Waals surface area contributed by atoms with Gasteiger partial charge in [0.25, 0.3) is 0 Å². The molecule has 1 fully saturated rings. The van der Waals surface area contributed by atoms with Gasteiger partial charge in [-0.1, -0.05) is 24.3 Å². The Bertz CT molecular complexity index is 638. The Kier molecular flexibility index (Phi) is 5.76. The number of halogens is 1. The second-order valence-electron chi connectivity index (χ2n) is 5.43. The smallest absolute Gasteiger partial charge is 0.191 e. The highest BCUT2D eigenvalue weighted by molar-refractivity contribution is 14.0. The molecule has 0 aliphatic heterocycles. The van der Waals surface area contributed by atoms with Gasteiger partial charge in [0.15, 0.2) is 5.96 Å². The fourth-order valence-electron chi connectivity index (χ4n) is 2.30. The standard InChI is InChI=1S/C17H20N4.HI/c1-21(15-8-9-15)17(18)20-12-13-5-4-6-14(11-13)16-7-2-3-10-19-16;/h2-7,10-11,15H,8-9,12H2,1H3,(H2,18,20);1H. The van der Waals surface area contributed by atoms with E-state index >= 15 is 0 Å². The molecule has 0 amide bonds. The van der Waals surface area contributed by atoms with Crippen LogP contribution in [0.25, 0.3) is 11.3 Å². The summed E-state index contributed by atoms with van der Waals surface area (Å²) >= 11 is 0. The molecule has 1 aliphatic carbocycles. The van der Waals surface area contributed by atoms with E-state index < -0.39 is 0 Å². The third kappa shape index (κ3) is 4.19. The first-order valence-corrected chi connectivity index (χ1v) is 7.27. The summed E-state index contributed by atoms with van der Waals surface area (Å²) in [6.45, 7) is 0.601. The third-order valence-corrected chi connectivity index (χ3v) is 3.77. The molecule has 5 heteroatoms. The molecule has 2 aromatic rings. The summed E-state index contributed by atoms with van der Waals surface area (Å²) in [5.74, 6) is 0.626. The van der Waals surface area contributed by atoms with Crippen LogP contribution >= 0.6 is 24.0 Å². The Morgan fingerprint density at radius 2 is 2.09 bits per heavy atom. The van der Waals surface area contributed by atoms with Gasteiger partial charge in [0.1, 0.15) is 0 Å². The van der Waals surface area contributed by atoms with Crippen molar-refractivity contribution in [2.75, 3.05) is 7.05 Å². The summed E-state index contributed by atoms with van der Waals surface area (Å²) in [5.41, 5.74) is 9.25. The van der Waals surface area contributed by atoms with Gasteiger partial charge in [0, 0.05) is 24.8 Å². The zero-order valence-corrected chi connectivity index (χ0v) is 15.0. The molecule has 0 bridgehead atoms. The predicted molar refractivity (Wildman–Crippen MR) is 101 cm³/mol. The number of pyridine rings is 1. The second-order valence-corrected chi connectivity index (χ2v) is 5.43. The molecule has 0 unspecified atom stereocenters. The largest absolute Gasteiger partial charge is 0.370 e. The average Bonchev–Trinajstić information content (AvgIpc) is 3.38. The number of rotatable bonds is 4. The molecule has 0 radical (unpaired) electrons. The van der Waals surface area contributed by atoms with Crippen molar-refractivity contribution >= 4 is 29.9 Å². The Labute approximate surface area is 148 Å². The molecule has 1 aromatic heterocycles. The number of hydrogen-bond donors (Lipinski definition) is 1. The van der Waals surface area contributed by atoms with Gasteiger partial charge in [0.2, 0.25) is 0 Å². The van der Waals surface area contributed by atoms with Crippen molar-refractivity contribution in [1.82, 2.24) is 9.88 Å². The Morgan fingerprint density at radius 1 is 1.27 bits per heavy atom. The lowest BCUT2D eigenvalue weighted by Crippen LogP contribution is -2.35. The maximum atomic E-state index is 6.02. The lowest BCUT2D eigenvalue weighted by atomic mass is 10.1. The molecule has 1 aliphatic rings. The van der Waals surface area contributed by atoms with Gasteiger partial charge in [-0.3, -0.25) is 4.98 Å². The van der Waals surface area contributed by atoms with E-state index in [1.54, 1.807) is 0 Å². The lowest BCUT2D eigenvalue weighted by molar-refractivity contribution is 0.487. The van der Waals surface area contributed by atoms with Crippen molar-refractivity contribution in [3.05, 3.63) is 54.2 Å². The summed E-state index contributed by atoms with van der Waals surface area (Å²) in [6.07, 6.45) is 4.26. The van der Waals surface area contributed by atoms with Crippen LogP contribution in [-0.2, 0) is 6.54 Å². The minimum Gasteiger partial charge on any atom is -0.370 e. The molecule has 0 spiro atoms. The minimum atomic E-state index is 0. The maximum absolute atomic E-state index is 6.02. The molecular formula is C17H21IN4.